The van der Waals surface area contributed by atoms with E-state index in [0.29, 0.717) is 17.0 Å². The van der Waals surface area contributed by atoms with Crippen LogP contribution in [-0.4, -0.2) is 34.4 Å². The van der Waals surface area contributed by atoms with E-state index in [9.17, 15) is 9.90 Å². The lowest BCUT2D eigenvalue weighted by Crippen LogP contribution is -2.40. The Kier molecular flexibility index (Phi) is 4.35. The highest BCUT2D eigenvalue weighted by molar-refractivity contribution is 6.20. The van der Waals surface area contributed by atoms with Crippen LogP contribution in [-0.2, 0) is 0 Å². The first-order valence-electron chi connectivity index (χ1n) is 6.72. The molecule has 0 aliphatic carbocycles. The molecular weight excluding hydrogens is 262 g/mol. The summed E-state index contributed by atoms with van der Waals surface area (Å²) in [6, 6.07) is 5.09. The molecule has 1 aliphatic rings. The van der Waals surface area contributed by atoms with Crippen molar-refractivity contribution in [2.75, 3.05) is 13.1 Å². The number of phenols is 1. The molecule has 1 aliphatic heterocycles. The summed E-state index contributed by atoms with van der Waals surface area (Å²) in [5, 5.41) is 9.84. The van der Waals surface area contributed by atoms with E-state index in [4.69, 9.17) is 11.6 Å². The van der Waals surface area contributed by atoms with Gasteiger partial charge in [-0.1, -0.05) is 6.07 Å². The van der Waals surface area contributed by atoms with Gasteiger partial charge in [-0.05, 0) is 44.7 Å². The highest BCUT2D eigenvalue weighted by Gasteiger charge is 2.26. The molecule has 1 amide bonds. The van der Waals surface area contributed by atoms with Crippen LogP contribution in [0.15, 0.2) is 18.2 Å². The fourth-order valence-corrected chi connectivity index (χ4v) is 2.84. The Labute approximate surface area is 119 Å². The zero-order valence-electron chi connectivity index (χ0n) is 11.4. The van der Waals surface area contributed by atoms with Gasteiger partial charge in [-0.2, -0.15) is 0 Å². The third-order valence-electron chi connectivity index (χ3n) is 4.01. The first-order valence-corrected chi connectivity index (χ1v) is 7.16. The minimum atomic E-state index is 0.00840. The van der Waals surface area contributed by atoms with Crippen molar-refractivity contribution in [3.8, 4) is 5.75 Å². The molecule has 1 atom stereocenters. The topological polar surface area (TPSA) is 40.5 Å². The van der Waals surface area contributed by atoms with E-state index < -0.39 is 0 Å². The van der Waals surface area contributed by atoms with Crippen molar-refractivity contribution in [2.24, 2.45) is 5.92 Å². The number of hydrogen-bond donors (Lipinski definition) is 1. The lowest BCUT2D eigenvalue weighted by atomic mass is 9.93. The van der Waals surface area contributed by atoms with Crippen LogP contribution in [0.3, 0.4) is 0 Å². The zero-order chi connectivity index (χ0) is 14.0. The van der Waals surface area contributed by atoms with E-state index in [2.05, 4.69) is 0 Å². The van der Waals surface area contributed by atoms with Crippen LogP contribution in [0.1, 0.15) is 35.7 Å². The Bertz CT molecular complexity index is 465. The average molecular weight is 282 g/mol. The maximum absolute atomic E-state index is 12.4. The predicted octanol–water partition coefficient (Wildman–Crippen LogP) is 3.18. The number of hydrogen-bond acceptors (Lipinski definition) is 2. The smallest absolute Gasteiger partial charge is 0.254 e. The molecule has 3 nitrogen and oxygen atoms in total. The number of phenolic OH excluding ortho intramolecular Hbond substituents is 1. The van der Waals surface area contributed by atoms with Crippen LogP contribution in [0, 0.1) is 12.8 Å². The van der Waals surface area contributed by atoms with Crippen LogP contribution in [0.25, 0.3) is 0 Å². The van der Waals surface area contributed by atoms with Gasteiger partial charge < -0.3 is 10.0 Å². The fraction of sp³-hybridized carbons (Fsp3) is 0.533. The quantitative estimate of drug-likeness (QED) is 0.846. The molecule has 104 valence electrons. The summed E-state index contributed by atoms with van der Waals surface area (Å²) >= 11 is 6.11. The van der Waals surface area contributed by atoms with E-state index in [1.165, 1.54) is 0 Å². The Morgan fingerprint density at radius 1 is 1.42 bits per heavy atom. The summed E-state index contributed by atoms with van der Waals surface area (Å²) in [5.41, 5.74) is 1.25. The van der Waals surface area contributed by atoms with Crippen molar-refractivity contribution in [1.29, 1.82) is 0 Å². The molecule has 1 fully saturated rings. The van der Waals surface area contributed by atoms with Gasteiger partial charge in [0, 0.05) is 29.6 Å². The van der Waals surface area contributed by atoms with Gasteiger partial charge in [-0.3, -0.25) is 4.79 Å². The highest BCUT2D eigenvalue weighted by Crippen LogP contribution is 2.26. The van der Waals surface area contributed by atoms with Crippen molar-refractivity contribution in [3.63, 3.8) is 0 Å². The van der Waals surface area contributed by atoms with Gasteiger partial charge in [0.15, 0.2) is 0 Å². The van der Waals surface area contributed by atoms with Gasteiger partial charge in [-0.25, -0.2) is 0 Å². The van der Waals surface area contributed by atoms with E-state index >= 15 is 0 Å². The van der Waals surface area contributed by atoms with Crippen molar-refractivity contribution in [3.05, 3.63) is 29.3 Å². The molecule has 0 spiro atoms. The summed E-state index contributed by atoms with van der Waals surface area (Å²) in [6.45, 7) is 5.28. The molecule has 0 bridgehead atoms. The lowest BCUT2D eigenvalue weighted by molar-refractivity contribution is 0.0689. The molecule has 1 heterocycles. The third-order valence-corrected chi connectivity index (χ3v) is 4.37. The van der Waals surface area contributed by atoms with Gasteiger partial charge in [0.25, 0.3) is 5.91 Å². The SMILES string of the molecule is Cc1c(O)cccc1C(=O)N1CCC(C(C)Cl)CC1. The van der Waals surface area contributed by atoms with E-state index in [1.807, 2.05) is 11.8 Å². The van der Waals surface area contributed by atoms with E-state index in [0.717, 1.165) is 25.9 Å². The normalized spacial score (nSPS) is 18.4. The minimum absolute atomic E-state index is 0.00840. The van der Waals surface area contributed by atoms with Crippen LogP contribution < -0.4 is 0 Å². The maximum Gasteiger partial charge on any atom is 0.254 e. The number of benzene rings is 1. The average Bonchev–Trinajstić information content (AvgIpc) is 2.41. The third kappa shape index (κ3) is 3.03. The van der Waals surface area contributed by atoms with Crippen LogP contribution in [0.2, 0.25) is 0 Å². The Morgan fingerprint density at radius 2 is 2.05 bits per heavy atom. The number of carbonyl (C=O) groups is 1. The molecular formula is C15H20ClNO2. The van der Waals surface area contributed by atoms with Gasteiger partial charge in [0.2, 0.25) is 0 Å². The highest BCUT2D eigenvalue weighted by atomic mass is 35.5. The van der Waals surface area contributed by atoms with Crippen LogP contribution in [0.5, 0.6) is 5.75 Å². The van der Waals surface area contributed by atoms with Gasteiger partial charge in [0.1, 0.15) is 5.75 Å². The minimum Gasteiger partial charge on any atom is -0.508 e. The number of carbonyl (C=O) groups excluding carboxylic acids is 1. The number of amides is 1. The summed E-state index contributed by atoms with van der Waals surface area (Å²) < 4.78 is 0. The Balaban J connectivity index is 2.07. The molecule has 0 aromatic heterocycles. The second-order valence-corrected chi connectivity index (χ2v) is 5.95. The number of rotatable bonds is 2. The second-order valence-electron chi connectivity index (χ2n) is 5.26. The van der Waals surface area contributed by atoms with Crippen LogP contribution in [0.4, 0.5) is 0 Å². The molecule has 19 heavy (non-hydrogen) atoms. The molecule has 4 heteroatoms. The zero-order valence-corrected chi connectivity index (χ0v) is 12.2. The monoisotopic (exact) mass is 281 g/mol. The predicted molar refractivity (Wildman–Crippen MR) is 76.8 cm³/mol. The number of nitrogens with zero attached hydrogens (tertiary/aromatic N) is 1. The van der Waals surface area contributed by atoms with Crippen molar-refractivity contribution in [1.82, 2.24) is 4.90 Å². The number of aromatic hydroxyl groups is 1. The van der Waals surface area contributed by atoms with Gasteiger partial charge in [0.05, 0.1) is 0 Å². The molecule has 1 saturated heterocycles. The molecule has 2 rings (SSSR count). The molecule has 1 N–H and O–H groups in total. The molecule has 1 aromatic carbocycles. The van der Waals surface area contributed by atoms with Crippen molar-refractivity contribution >= 4 is 17.5 Å². The number of piperidine rings is 1. The first-order chi connectivity index (χ1) is 9.00. The fourth-order valence-electron chi connectivity index (χ4n) is 2.59. The molecule has 1 aromatic rings. The molecule has 0 saturated carbocycles. The molecule has 1 unspecified atom stereocenters. The van der Waals surface area contributed by atoms with Crippen molar-refractivity contribution < 1.29 is 9.90 Å². The summed E-state index contributed by atoms with van der Waals surface area (Å²) in [7, 11) is 0. The number of likely N-dealkylation sites (tertiary alicyclic amines) is 1. The summed E-state index contributed by atoms with van der Waals surface area (Å²) in [5.74, 6) is 0.681. The van der Waals surface area contributed by atoms with Crippen LogP contribution >= 0.6 is 11.6 Å². The molecule has 0 radical (unpaired) electrons. The van der Waals surface area contributed by atoms with E-state index in [1.54, 1.807) is 25.1 Å². The first kappa shape index (κ1) is 14.2. The van der Waals surface area contributed by atoms with Crippen molar-refractivity contribution in [2.45, 2.75) is 32.1 Å². The van der Waals surface area contributed by atoms with Gasteiger partial charge >= 0.3 is 0 Å². The maximum atomic E-state index is 12.4. The largest absolute Gasteiger partial charge is 0.508 e. The Hall–Kier alpha value is -1.22. The number of halogens is 1. The number of alkyl halides is 1. The standard InChI is InChI=1S/C15H20ClNO2/c1-10-13(4-3-5-14(10)18)15(19)17-8-6-12(7-9-17)11(2)16/h3-5,11-12,18H,6-9H2,1-2H3. The van der Waals surface area contributed by atoms with E-state index in [-0.39, 0.29) is 17.0 Å². The Morgan fingerprint density at radius 3 is 2.63 bits per heavy atom. The summed E-state index contributed by atoms with van der Waals surface area (Å²) in [6.07, 6.45) is 1.91. The summed E-state index contributed by atoms with van der Waals surface area (Å²) in [4.78, 5) is 14.3. The lowest BCUT2D eigenvalue weighted by Gasteiger charge is -2.33. The van der Waals surface area contributed by atoms with Gasteiger partial charge in [-0.15, -0.1) is 11.6 Å². The second kappa shape index (κ2) is 5.83.